The van der Waals surface area contributed by atoms with Gasteiger partial charge in [0.2, 0.25) is 0 Å². The molecule has 0 aromatic heterocycles. The van der Waals surface area contributed by atoms with Crippen LogP contribution in [0.3, 0.4) is 0 Å². The van der Waals surface area contributed by atoms with E-state index in [-0.39, 0.29) is 24.9 Å². The Kier molecular flexibility index (Phi) is 8.40. The van der Waals surface area contributed by atoms with Crippen LogP contribution in [0, 0.1) is 0 Å². The molecule has 0 spiro atoms. The largest absolute Gasteiger partial charge is 0.482 e. The number of rotatable bonds is 10. The standard InChI is InChI=1S/C25H27NO5/c27-23(26-16-15-19-7-3-1-4-8-19)17-31-24(28)18-30-22-13-11-21(12-14-22)25(29)20-9-5-2-6-10-20/h2,5-7,9-14H,1,3-4,8,15-18H2,(H,26,27). The SMILES string of the molecule is O=C(COC(=O)COc1ccc(C(=O)c2ccccc2)cc1)NCCC1=CCCCC1. The van der Waals surface area contributed by atoms with Gasteiger partial charge in [0.1, 0.15) is 5.75 Å². The van der Waals surface area contributed by atoms with E-state index in [1.807, 2.05) is 18.2 Å². The van der Waals surface area contributed by atoms with Crippen molar-refractivity contribution in [3.63, 3.8) is 0 Å². The van der Waals surface area contributed by atoms with Gasteiger partial charge in [-0.25, -0.2) is 4.79 Å². The number of carbonyl (C=O) groups excluding carboxylic acids is 3. The number of hydrogen-bond donors (Lipinski definition) is 1. The lowest BCUT2D eigenvalue weighted by Gasteiger charge is -2.13. The quantitative estimate of drug-likeness (QED) is 0.358. The molecule has 1 aliphatic carbocycles. The van der Waals surface area contributed by atoms with Gasteiger partial charge in [-0.15, -0.1) is 0 Å². The highest BCUT2D eigenvalue weighted by Gasteiger charge is 2.11. The predicted molar refractivity (Wildman–Crippen MR) is 117 cm³/mol. The monoisotopic (exact) mass is 421 g/mol. The van der Waals surface area contributed by atoms with Crippen LogP contribution in [0.15, 0.2) is 66.2 Å². The van der Waals surface area contributed by atoms with E-state index >= 15 is 0 Å². The lowest BCUT2D eigenvalue weighted by molar-refractivity contribution is -0.150. The van der Waals surface area contributed by atoms with Crippen molar-refractivity contribution in [3.8, 4) is 5.75 Å². The van der Waals surface area contributed by atoms with Crippen molar-refractivity contribution in [3.05, 3.63) is 77.4 Å². The minimum atomic E-state index is -0.630. The zero-order valence-electron chi connectivity index (χ0n) is 17.5. The molecule has 1 amide bonds. The molecule has 3 rings (SSSR count). The number of ether oxygens (including phenoxy) is 2. The minimum absolute atomic E-state index is 0.0858. The molecule has 0 atom stereocenters. The smallest absolute Gasteiger partial charge is 0.344 e. The first-order valence-electron chi connectivity index (χ1n) is 10.5. The van der Waals surface area contributed by atoms with E-state index in [1.54, 1.807) is 36.4 Å². The van der Waals surface area contributed by atoms with Gasteiger partial charge in [-0.1, -0.05) is 42.0 Å². The van der Waals surface area contributed by atoms with E-state index in [0.29, 0.717) is 23.4 Å². The molecule has 0 heterocycles. The number of allylic oxidation sites excluding steroid dienone is 1. The molecule has 0 radical (unpaired) electrons. The predicted octanol–water partition coefficient (Wildman–Crippen LogP) is 3.85. The zero-order valence-corrected chi connectivity index (χ0v) is 17.5. The highest BCUT2D eigenvalue weighted by Crippen LogP contribution is 2.19. The number of ketones is 1. The average Bonchev–Trinajstić information content (AvgIpc) is 2.82. The maximum atomic E-state index is 12.4. The summed E-state index contributed by atoms with van der Waals surface area (Å²) in [5, 5.41) is 2.76. The van der Waals surface area contributed by atoms with Crippen molar-refractivity contribution in [2.75, 3.05) is 19.8 Å². The summed E-state index contributed by atoms with van der Waals surface area (Å²) < 4.78 is 10.3. The fourth-order valence-electron chi connectivity index (χ4n) is 3.33. The summed E-state index contributed by atoms with van der Waals surface area (Å²) in [6.07, 6.45) is 7.76. The summed E-state index contributed by atoms with van der Waals surface area (Å²) in [6.45, 7) is -0.0926. The molecule has 0 unspecified atom stereocenters. The Morgan fingerprint density at radius 2 is 1.61 bits per heavy atom. The number of benzene rings is 2. The van der Waals surface area contributed by atoms with Crippen LogP contribution in [0.2, 0.25) is 0 Å². The second kappa shape index (κ2) is 11.7. The van der Waals surface area contributed by atoms with Crippen molar-refractivity contribution in [1.29, 1.82) is 0 Å². The molecule has 0 aliphatic heterocycles. The minimum Gasteiger partial charge on any atom is -0.482 e. The molecule has 2 aromatic rings. The molecule has 6 heteroatoms. The summed E-state index contributed by atoms with van der Waals surface area (Å²) in [7, 11) is 0. The number of esters is 1. The molecular formula is C25H27NO5. The summed E-state index contributed by atoms with van der Waals surface area (Å²) >= 11 is 0. The van der Waals surface area contributed by atoms with Gasteiger partial charge < -0.3 is 14.8 Å². The molecule has 31 heavy (non-hydrogen) atoms. The first-order valence-corrected chi connectivity index (χ1v) is 10.5. The lowest BCUT2D eigenvalue weighted by Crippen LogP contribution is -2.30. The Morgan fingerprint density at radius 1 is 0.871 bits per heavy atom. The number of amides is 1. The van der Waals surface area contributed by atoms with Gasteiger partial charge in [-0.2, -0.15) is 0 Å². The fourth-order valence-corrected chi connectivity index (χ4v) is 3.33. The Morgan fingerprint density at radius 3 is 2.32 bits per heavy atom. The average molecular weight is 421 g/mol. The fraction of sp³-hybridized carbons (Fsp3) is 0.320. The maximum Gasteiger partial charge on any atom is 0.344 e. The van der Waals surface area contributed by atoms with Crippen LogP contribution in [-0.4, -0.2) is 37.4 Å². The first-order chi connectivity index (χ1) is 15.1. The molecular weight excluding hydrogens is 394 g/mol. The molecule has 0 bridgehead atoms. The molecule has 0 saturated heterocycles. The third-order valence-electron chi connectivity index (χ3n) is 5.03. The molecule has 2 aromatic carbocycles. The van der Waals surface area contributed by atoms with Crippen LogP contribution < -0.4 is 10.1 Å². The van der Waals surface area contributed by atoms with Gasteiger partial charge in [0.15, 0.2) is 19.0 Å². The summed E-state index contributed by atoms with van der Waals surface area (Å²) in [6, 6.07) is 15.5. The summed E-state index contributed by atoms with van der Waals surface area (Å²) in [4.78, 5) is 36.0. The highest BCUT2D eigenvalue weighted by atomic mass is 16.6. The zero-order chi connectivity index (χ0) is 21.9. The normalized spacial score (nSPS) is 13.1. The topological polar surface area (TPSA) is 81.7 Å². The second-order valence-corrected chi connectivity index (χ2v) is 7.38. The van der Waals surface area contributed by atoms with Crippen molar-refractivity contribution < 1.29 is 23.9 Å². The molecule has 162 valence electrons. The molecule has 1 aliphatic rings. The van der Waals surface area contributed by atoms with E-state index in [4.69, 9.17) is 9.47 Å². The third-order valence-corrected chi connectivity index (χ3v) is 5.03. The number of nitrogens with one attached hydrogen (secondary N) is 1. The van der Waals surface area contributed by atoms with Crippen LogP contribution in [0.25, 0.3) is 0 Å². The van der Waals surface area contributed by atoms with Gasteiger partial charge in [-0.05, 0) is 56.4 Å². The van der Waals surface area contributed by atoms with Crippen LogP contribution in [0.1, 0.15) is 48.0 Å². The van der Waals surface area contributed by atoms with Crippen molar-refractivity contribution in [1.82, 2.24) is 5.32 Å². The van der Waals surface area contributed by atoms with Crippen molar-refractivity contribution in [2.45, 2.75) is 32.1 Å². The highest BCUT2D eigenvalue weighted by molar-refractivity contribution is 6.08. The van der Waals surface area contributed by atoms with Gasteiger partial charge in [0, 0.05) is 17.7 Å². The Hall–Kier alpha value is -3.41. The van der Waals surface area contributed by atoms with Gasteiger partial charge in [0.05, 0.1) is 0 Å². The first kappa shape index (κ1) is 22.3. The number of carbonyl (C=O) groups is 3. The summed E-state index contributed by atoms with van der Waals surface area (Å²) in [5.74, 6) is -0.604. The van der Waals surface area contributed by atoms with E-state index in [2.05, 4.69) is 11.4 Å². The van der Waals surface area contributed by atoms with Crippen LogP contribution >= 0.6 is 0 Å². The Balaban J connectivity index is 1.34. The van der Waals surface area contributed by atoms with Gasteiger partial charge in [0.25, 0.3) is 5.91 Å². The molecule has 0 saturated carbocycles. The van der Waals surface area contributed by atoms with E-state index in [9.17, 15) is 14.4 Å². The van der Waals surface area contributed by atoms with E-state index in [1.165, 1.54) is 18.4 Å². The number of hydrogen-bond acceptors (Lipinski definition) is 5. The summed E-state index contributed by atoms with van der Waals surface area (Å²) in [5.41, 5.74) is 2.52. The van der Waals surface area contributed by atoms with E-state index < -0.39 is 5.97 Å². The van der Waals surface area contributed by atoms with Gasteiger partial charge >= 0.3 is 5.97 Å². The third kappa shape index (κ3) is 7.41. The molecule has 0 fully saturated rings. The van der Waals surface area contributed by atoms with Crippen molar-refractivity contribution >= 4 is 17.7 Å². The Bertz CT molecular complexity index is 919. The second-order valence-electron chi connectivity index (χ2n) is 7.38. The maximum absolute atomic E-state index is 12.4. The van der Waals surface area contributed by atoms with Crippen LogP contribution in [0.4, 0.5) is 0 Å². The molecule has 1 N–H and O–H groups in total. The van der Waals surface area contributed by atoms with Gasteiger partial charge in [-0.3, -0.25) is 9.59 Å². The molecule has 6 nitrogen and oxygen atoms in total. The van der Waals surface area contributed by atoms with Crippen LogP contribution in [0.5, 0.6) is 5.75 Å². The van der Waals surface area contributed by atoms with Crippen molar-refractivity contribution in [2.24, 2.45) is 0 Å². The Labute approximate surface area is 182 Å². The lowest BCUT2D eigenvalue weighted by atomic mass is 9.97. The van der Waals surface area contributed by atoms with Crippen LogP contribution in [-0.2, 0) is 14.3 Å². The van der Waals surface area contributed by atoms with E-state index in [0.717, 1.165) is 19.3 Å².